The van der Waals surface area contributed by atoms with Gasteiger partial charge in [0.1, 0.15) is 22.3 Å². The third-order valence-electron chi connectivity index (χ3n) is 11.6. The molecule has 0 amide bonds. The molecule has 0 radical (unpaired) electrons. The molecule has 0 spiro atoms. The fourth-order valence-electron chi connectivity index (χ4n) is 8.82. The summed E-state index contributed by atoms with van der Waals surface area (Å²) in [5.41, 5.74) is 16.6. The SMILES string of the molecule is NC(NC(NCc1cccc2c1oc1c(-c3cccc4c3oc3c(-c5cccc6sc7ccccc7c56)cccc34)cccc12)C1C=CC=CC1)c1ccccc1. The number of nitrogens with one attached hydrogen (secondary N) is 2. The Balaban J connectivity index is 0.993. The van der Waals surface area contributed by atoms with E-state index < -0.39 is 0 Å². The summed E-state index contributed by atoms with van der Waals surface area (Å²) in [5.74, 6) is 0.244. The smallest absolute Gasteiger partial charge is 0.143 e. The van der Waals surface area contributed by atoms with Crippen molar-refractivity contribution in [3.8, 4) is 22.3 Å². The zero-order valence-corrected chi connectivity index (χ0v) is 31.9. The molecule has 0 saturated carbocycles. The van der Waals surface area contributed by atoms with Crippen LogP contribution in [-0.2, 0) is 6.54 Å². The topological polar surface area (TPSA) is 76.4 Å². The summed E-state index contributed by atoms with van der Waals surface area (Å²) < 4.78 is 16.5. The van der Waals surface area contributed by atoms with Gasteiger partial charge in [-0.15, -0.1) is 11.3 Å². The van der Waals surface area contributed by atoms with E-state index in [2.05, 4.69) is 162 Å². The second kappa shape index (κ2) is 14.0. The quantitative estimate of drug-likeness (QED) is 0.128. The van der Waals surface area contributed by atoms with Crippen LogP contribution >= 0.6 is 11.3 Å². The molecule has 1 aliphatic rings. The maximum atomic E-state index is 7.02. The lowest BCUT2D eigenvalue weighted by atomic mass is 9.96. The lowest BCUT2D eigenvalue weighted by Crippen LogP contribution is -2.50. The Morgan fingerprint density at radius 3 is 1.82 bits per heavy atom. The normalized spacial score (nSPS) is 15.5. The van der Waals surface area contributed by atoms with Crippen molar-refractivity contribution in [2.75, 3.05) is 0 Å². The van der Waals surface area contributed by atoms with E-state index in [9.17, 15) is 0 Å². The maximum absolute atomic E-state index is 7.02. The average Bonchev–Trinajstić information content (AvgIpc) is 3.97. The lowest BCUT2D eigenvalue weighted by molar-refractivity contribution is 0.307. The molecule has 3 heterocycles. The molecule has 1 aliphatic carbocycles. The molecule has 6 heteroatoms. The highest BCUT2D eigenvalue weighted by atomic mass is 32.1. The van der Waals surface area contributed by atoms with E-state index in [1.165, 1.54) is 25.7 Å². The van der Waals surface area contributed by atoms with Crippen molar-refractivity contribution in [2.45, 2.75) is 25.3 Å². The number of hydrogen-bond acceptors (Lipinski definition) is 6. The van der Waals surface area contributed by atoms with Crippen LogP contribution < -0.4 is 16.4 Å². The summed E-state index contributed by atoms with van der Waals surface area (Å²) in [6.07, 6.45) is 9.25. The van der Waals surface area contributed by atoms with Crippen LogP contribution in [0.5, 0.6) is 0 Å². The second-order valence-corrected chi connectivity index (χ2v) is 16.0. The molecule has 3 unspecified atom stereocenters. The van der Waals surface area contributed by atoms with Gasteiger partial charge < -0.3 is 14.6 Å². The van der Waals surface area contributed by atoms with Crippen LogP contribution in [0.25, 0.3) is 86.3 Å². The van der Waals surface area contributed by atoms with E-state index in [0.29, 0.717) is 6.54 Å². The van der Waals surface area contributed by atoms with E-state index in [1.54, 1.807) is 0 Å². The molecule has 0 saturated heterocycles. The summed E-state index contributed by atoms with van der Waals surface area (Å²) in [7, 11) is 0. The summed E-state index contributed by atoms with van der Waals surface area (Å²) in [4.78, 5) is 0. The Hall–Kier alpha value is -6.28. The minimum atomic E-state index is -0.311. The predicted octanol–water partition coefficient (Wildman–Crippen LogP) is 13.0. The minimum absolute atomic E-state index is 0.0578. The van der Waals surface area contributed by atoms with Gasteiger partial charge in [0.15, 0.2) is 0 Å². The fraction of sp³-hybridized carbons (Fsp3) is 0.0980. The molecule has 57 heavy (non-hydrogen) atoms. The summed E-state index contributed by atoms with van der Waals surface area (Å²) in [6.45, 7) is 0.605. The molecule has 276 valence electrons. The first-order valence-electron chi connectivity index (χ1n) is 19.6. The van der Waals surface area contributed by atoms with Gasteiger partial charge in [0.05, 0.1) is 12.3 Å². The molecule has 3 atom stereocenters. The summed E-state index contributed by atoms with van der Waals surface area (Å²) in [6, 6.07) is 51.3. The highest BCUT2D eigenvalue weighted by Crippen LogP contribution is 2.46. The lowest BCUT2D eigenvalue weighted by Gasteiger charge is -2.30. The van der Waals surface area contributed by atoms with Crippen LogP contribution in [0.4, 0.5) is 0 Å². The second-order valence-electron chi connectivity index (χ2n) is 14.9. The van der Waals surface area contributed by atoms with Crippen molar-refractivity contribution in [2.24, 2.45) is 11.7 Å². The summed E-state index contributed by atoms with van der Waals surface area (Å²) >= 11 is 1.84. The van der Waals surface area contributed by atoms with Crippen molar-refractivity contribution < 1.29 is 8.83 Å². The van der Waals surface area contributed by atoms with Crippen LogP contribution in [-0.4, -0.2) is 6.17 Å². The number of fused-ring (bicyclic) bond motifs is 9. The number of thiophene rings is 1. The first-order chi connectivity index (χ1) is 28.2. The van der Waals surface area contributed by atoms with Crippen molar-refractivity contribution in [3.63, 3.8) is 0 Å². The maximum Gasteiger partial charge on any atom is 0.143 e. The summed E-state index contributed by atoms with van der Waals surface area (Å²) in [5, 5.41) is 14.4. The van der Waals surface area contributed by atoms with E-state index in [4.69, 9.17) is 14.6 Å². The third kappa shape index (κ3) is 5.80. The first kappa shape index (κ1) is 34.0. The van der Waals surface area contributed by atoms with Crippen LogP contribution in [0.3, 0.4) is 0 Å². The highest BCUT2D eigenvalue weighted by Gasteiger charge is 2.24. The average molecular weight is 758 g/mol. The Kier molecular flexibility index (Phi) is 8.37. The van der Waals surface area contributed by atoms with Crippen LogP contribution in [0, 0.1) is 5.92 Å². The zero-order valence-electron chi connectivity index (χ0n) is 31.1. The van der Waals surface area contributed by atoms with Gasteiger partial charge in [-0.05, 0) is 29.7 Å². The van der Waals surface area contributed by atoms with Crippen molar-refractivity contribution in [1.29, 1.82) is 0 Å². The standard InChI is InChI=1S/C51H39N3O2S/c52-50(31-14-3-1-4-15-31)54-51(32-16-5-2-6-17-32)53-30-33-18-9-21-36-37-23-11-25-39(48(37)55-46(33)36)41-27-12-26-40-38-24-10-22-35(47(38)56-49(40)41)34-20-13-29-44-45(34)42-19-7-8-28-43(42)57-44/h1-16,18-29,32,50-51,53-54H,17,30,52H2. The number of allylic oxidation sites excluding steroid dienone is 3. The number of rotatable bonds is 9. The van der Waals surface area contributed by atoms with Gasteiger partial charge in [0, 0.05) is 76.4 Å². The van der Waals surface area contributed by atoms with Gasteiger partial charge >= 0.3 is 0 Å². The molecule has 7 aromatic carbocycles. The number of furan rings is 2. The van der Waals surface area contributed by atoms with Crippen LogP contribution in [0.15, 0.2) is 179 Å². The molecular formula is C51H39N3O2S. The molecule has 4 N–H and O–H groups in total. The van der Waals surface area contributed by atoms with Crippen LogP contribution in [0.1, 0.15) is 23.7 Å². The monoisotopic (exact) mass is 757 g/mol. The third-order valence-corrected chi connectivity index (χ3v) is 12.7. The fourth-order valence-corrected chi connectivity index (χ4v) is 9.96. The van der Waals surface area contributed by atoms with Gasteiger partial charge in [-0.2, -0.15) is 0 Å². The van der Waals surface area contributed by atoms with Gasteiger partial charge in [-0.3, -0.25) is 10.6 Å². The molecule has 10 aromatic rings. The zero-order chi connectivity index (χ0) is 37.9. The number of para-hydroxylation sites is 4. The predicted molar refractivity (Wildman–Crippen MR) is 238 cm³/mol. The molecule has 3 aromatic heterocycles. The van der Waals surface area contributed by atoms with Gasteiger partial charge in [0.2, 0.25) is 0 Å². The minimum Gasteiger partial charge on any atom is -0.455 e. The van der Waals surface area contributed by atoms with Crippen molar-refractivity contribution >= 4 is 75.4 Å². The van der Waals surface area contributed by atoms with Crippen LogP contribution in [0.2, 0.25) is 0 Å². The van der Waals surface area contributed by atoms with Crippen molar-refractivity contribution in [3.05, 3.63) is 181 Å². The van der Waals surface area contributed by atoms with E-state index in [1.807, 2.05) is 29.5 Å². The molecule has 0 aliphatic heterocycles. The molecular weight excluding hydrogens is 719 g/mol. The molecule has 5 nitrogen and oxygen atoms in total. The van der Waals surface area contributed by atoms with Gasteiger partial charge in [-0.25, -0.2) is 0 Å². The number of benzene rings is 7. The molecule has 0 bridgehead atoms. The highest BCUT2D eigenvalue weighted by molar-refractivity contribution is 7.25. The molecule has 11 rings (SSSR count). The number of hydrogen-bond donors (Lipinski definition) is 3. The Morgan fingerprint density at radius 2 is 1.12 bits per heavy atom. The van der Waals surface area contributed by atoms with E-state index >= 15 is 0 Å². The van der Waals surface area contributed by atoms with Gasteiger partial charge in [0.25, 0.3) is 0 Å². The van der Waals surface area contributed by atoms with E-state index in [-0.39, 0.29) is 18.2 Å². The first-order valence-corrected chi connectivity index (χ1v) is 20.4. The number of nitrogens with two attached hydrogens (primary N) is 1. The molecule has 0 fully saturated rings. The van der Waals surface area contributed by atoms with Crippen molar-refractivity contribution in [1.82, 2.24) is 10.6 Å². The van der Waals surface area contributed by atoms with E-state index in [0.717, 1.165) is 78.1 Å². The largest absolute Gasteiger partial charge is 0.455 e. The Morgan fingerprint density at radius 1 is 0.561 bits per heavy atom. The Bertz CT molecular complexity index is 3190. The van der Waals surface area contributed by atoms with Gasteiger partial charge in [-0.1, -0.05) is 158 Å². The Labute approximate surface area is 333 Å².